The molecule has 0 aliphatic carbocycles. The van der Waals surface area contributed by atoms with Crippen LogP contribution in [0.1, 0.15) is 119 Å². The minimum Gasteiger partial charge on any atom is -0.358 e. The molecule has 0 atom stereocenters. The Hall–Kier alpha value is -2.32. The zero-order valence-electron chi connectivity index (χ0n) is 28.0. The second-order valence-electron chi connectivity index (χ2n) is 15.0. The van der Waals surface area contributed by atoms with Gasteiger partial charge in [0.25, 0.3) is 0 Å². The second kappa shape index (κ2) is 14.0. The Labute approximate surface area is 248 Å². The number of unbranched alkanes of at least 4 members (excludes halogenated alkanes) is 2. The lowest BCUT2D eigenvalue weighted by Gasteiger charge is -2.44. The molecule has 0 radical (unpaired) electrons. The van der Waals surface area contributed by atoms with E-state index >= 15 is 0 Å². The summed E-state index contributed by atoms with van der Waals surface area (Å²) < 4.78 is 0. The molecule has 0 aliphatic rings. The Morgan fingerprint density at radius 3 is 0.925 bits per heavy atom. The van der Waals surface area contributed by atoms with Gasteiger partial charge in [0.05, 0.1) is 12.7 Å². The van der Waals surface area contributed by atoms with Crippen molar-refractivity contribution in [2.75, 3.05) is 6.54 Å². The van der Waals surface area contributed by atoms with Gasteiger partial charge in [0.15, 0.2) is 0 Å². The topological polar surface area (TPSA) is 27.6 Å². The van der Waals surface area contributed by atoms with Crippen LogP contribution >= 0.6 is 0 Å². The van der Waals surface area contributed by atoms with Gasteiger partial charge in [-0.05, 0) is 39.4 Å². The molecule has 0 aliphatic heterocycles. The first kappa shape index (κ1) is 33.9. The molecule has 3 aromatic rings. The summed E-state index contributed by atoms with van der Waals surface area (Å²) in [4.78, 5) is 0. The zero-order valence-corrected chi connectivity index (χ0v) is 28.0. The van der Waals surface area contributed by atoms with Crippen molar-refractivity contribution < 1.29 is 5.73 Å². The van der Waals surface area contributed by atoms with Crippen molar-refractivity contribution in [2.45, 2.75) is 124 Å². The van der Waals surface area contributed by atoms with Gasteiger partial charge in [0, 0.05) is 0 Å². The second-order valence-corrected chi connectivity index (χ2v) is 15.0. The third kappa shape index (κ3) is 8.59. The average molecular weight is 542 g/mol. The Bertz CT molecular complexity index is 994. The lowest BCUT2D eigenvalue weighted by Crippen LogP contribution is -2.67. The number of quaternary nitrogens is 1. The maximum atomic E-state index is 3.68. The molecule has 0 bridgehead atoms. The van der Waals surface area contributed by atoms with Crippen molar-refractivity contribution in [3.63, 3.8) is 0 Å². The molecule has 40 heavy (non-hydrogen) atoms. The van der Waals surface area contributed by atoms with Crippen LogP contribution in [0.15, 0.2) is 72.8 Å². The van der Waals surface area contributed by atoms with Gasteiger partial charge in [-0.2, -0.15) is 22.7 Å². The van der Waals surface area contributed by atoms with E-state index in [-0.39, 0.29) is 16.2 Å². The smallest absolute Gasteiger partial charge is 0.0814 e. The van der Waals surface area contributed by atoms with E-state index in [1.54, 1.807) is 0 Å². The van der Waals surface area contributed by atoms with Crippen LogP contribution in [-0.2, 0) is 16.2 Å². The van der Waals surface area contributed by atoms with Gasteiger partial charge in [-0.1, -0.05) is 168 Å². The number of rotatable bonds is 8. The van der Waals surface area contributed by atoms with E-state index in [4.69, 9.17) is 0 Å². The van der Waals surface area contributed by atoms with E-state index in [1.807, 2.05) is 0 Å². The van der Waals surface area contributed by atoms with E-state index in [2.05, 4.69) is 155 Å². The molecule has 2 heteroatoms. The lowest BCUT2D eigenvalue weighted by atomic mass is 9.14. The predicted octanol–water partition coefficient (Wildman–Crippen LogP) is 7.88. The standard InChI is InChI=1S/C34H48B.C4H11N/c1-11-12-25-35(29-19-13-26(14-20-29)32(2,3)4,30-21-15-27(16-22-30)33(5,6)7)31-23-17-28(18-24-31)34(8,9)10;1-2-3-4-5/h13-24H,11-12,25H2,1-10H3;2-5H2,1H3/q-1;/p+1. The highest BCUT2D eigenvalue weighted by molar-refractivity contribution is 7.11. The van der Waals surface area contributed by atoms with Gasteiger partial charge in [0.2, 0.25) is 0 Å². The first-order chi connectivity index (χ1) is 18.6. The van der Waals surface area contributed by atoms with Crippen LogP contribution in [0.4, 0.5) is 0 Å². The fraction of sp³-hybridized carbons (Fsp3) is 0.526. The summed E-state index contributed by atoms with van der Waals surface area (Å²) in [6.07, 6.45) is 5.05. The highest BCUT2D eigenvalue weighted by atomic mass is 14.5. The summed E-state index contributed by atoms with van der Waals surface area (Å²) >= 11 is 0. The normalized spacial score (nSPS) is 12.6. The van der Waals surface area contributed by atoms with Crippen molar-refractivity contribution >= 4 is 22.5 Å². The van der Waals surface area contributed by atoms with Gasteiger partial charge in [-0.3, -0.25) is 0 Å². The van der Waals surface area contributed by atoms with Crippen LogP contribution in [0.25, 0.3) is 0 Å². The van der Waals surface area contributed by atoms with Crippen LogP contribution in [0.3, 0.4) is 0 Å². The molecule has 3 N–H and O–H groups in total. The summed E-state index contributed by atoms with van der Waals surface area (Å²) in [6, 6.07) is 28.7. The molecular formula is C38H60BN. The van der Waals surface area contributed by atoms with Crippen LogP contribution in [0.2, 0.25) is 6.32 Å². The molecule has 0 heterocycles. The molecule has 0 saturated carbocycles. The van der Waals surface area contributed by atoms with Crippen molar-refractivity contribution in [1.82, 2.24) is 0 Å². The number of hydrogen-bond donors (Lipinski definition) is 1. The fourth-order valence-corrected chi connectivity index (χ4v) is 5.77. The third-order valence-corrected chi connectivity index (χ3v) is 8.63. The molecule has 1 nitrogen and oxygen atoms in total. The first-order valence-corrected chi connectivity index (χ1v) is 15.9. The molecule has 220 valence electrons. The first-order valence-electron chi connectivity index (χ1n) is 15.9. The molecule has 3 aromatic carbocycles. The van der Waals surface area contributed by atoms with Crippen LogP contribution in [0.5, 0.6) is 0 Å². The van der Waals surface area contributed by atoms with Crippen LogP contribution in [0, 0.1) is 0 Å². The summed E-state index contributed by atoms with van der Waals surface area (Å²) in [5, 5.41) is 0. The molecule has 0 amide bonds. The highest BCUT2D eigenvalue weighted by Crippen LogP contribution is 2.26. The molecule has 0 unspecified atom stereocenters. The summed E-state index contributed by atoms with van der Waals surface area (Å²) in [6.45, 7) is 26.3. The van der Waals surface area contributed by atoms with E-state index < -0.39 is 6.15 Å². The van der Waals surface area contributed by atoms with Crippen molar-refractivity contribution in [2.24, 2.45) is 0 Å². The average Bonchev–Trinajstić information content (AvgIpc) is 2.89. The quantitative estimate of drug-likeness (QED) is 0.281. The Balaban J connectivity index is 0.00000103. The van der Waals surface area contributed by atoms with Crippen LogP contribution < -0.4 is 22.1 Å². The molecule has 0 saturated heterocycles. The molecule has 0 aromatic heterocycles. The van der Waals surface area contributed by atoms with E-state index in [0.717, 1.165) is 12.9 Å². The predicted molar refractivity (Wildman–Crippen MR) is 182 cm³/mol. The molecule has 0 spiro atoms. The van der Waals surface area contributed by atoms with Gasteiger partial charge >= 0.3 is 0 Å². The highest BCUT2D eigenvalue weighted by Gasteiger charge is 2.30. The van der Waals surface area contributed by atoms with Gasteiger partial charge < -0.3 is 5.73 Å². The lowest BCUT2D eigenvalue weighted by molar-refractivity contribution is -0.368. The molecule has 3 rings (SSSR count). The zero-order chi connectivity index (χ0) is 30.2. The Morgan fingerprint density at radius 1 is 0.475 bits per heavy atom. The summed E-state index contributed by atoms with van der Waals surface area (Å²) in [5.74, 6) is 0. The largest absolute Gasteiger partial charge is 0.358 e. The molecular weight excluding hydrogens is 481 g/mol. The number of hydrogen-bond acceptors (Lipinski definition) is 0. The summed E-state index contributed by atoms with van der Waals surface area (Å²) in [5.41, 5.74) is 12.7. The fourth-order valence-electron chi connectivity index (χ4n) is 5.77. The number of benzene rings is 3. The van der Waals surface area contributed by atoms with Gasteiger partial charge in [0.1, 0.15) is 0 Å². The van der Waals surface area contributed by atoms with E-state index in [1.165, 1.54) is 58.8 Å². The van der Waals surface area contributed by atoms with Crippen LogP contribution in [-0.4, -0.2) is 12.7 Å². The molecule has 0 fully saturated rings. The minimum atomic E-state index is -1.08. The van der Waals surface area contributed by atoms with Gasteiger partial charge in [-0.15, -0.1) is 0 Å². The van der Waals surface area contributed by atoms with Crippen molar-refractivity contribution in [1.29, 1.82) is 0 Å². The van der Waals surface area contributed by atoms with E-state index in [9.17, 15) is 0 Å². The Kier molecular flexibility index (Phi) is 11.9. The van der Waals surface area contributed by atoms with E-state index in [0.29, 0.717) is 0 Å². The van der Waals surface area contributed by atoms with Crippen molar-refractivity contribution in [3.05, 3.63) is 89.5 Å². The Morgan fingerprint density at radius 2 is 0.750 bits per heavy atom. The maximum Gasteiger partial charge on any atom is 0.0814 e. The summed E-state index contributed by atoms with van der Waals surface area (Å²) in [7, 11) is 0. The monoisotopic (exact) mass is 541 g/mol. The maximum absolute atomic E-state index is 3.68. The van der Waals surface area contributed by atoms with Gasteiger partial charge in [-0.25, -0.2) is 0 Å². The van der Waals surface area contributed by atoms with Crippen molar-refractivity contribution in [3.8, 4) is 0 Å². The minimum absolute atomic E-state index is 0.153. The third-order valence-electron chi connectivity index (χ3n) is 8.63. The SMILES string of the molecule is CCCC[B-](c1ccc(C(C)(C)C)cc1)(c1ccc(C(C)(C)C)cc1)c1ccc(C(C)(C)C)cc1.CCCC[NH3+].